The highest BCUT2D eigenvalue weighted by Crippen LogP contribution is 2.51. The van der Waals surface area contributed by atoms with Crippen LogP contribution in [0.25, 0.3) is 11.6 Å². The number of rotatable bonds is 8. The number of fused-ring (bicyclic) bond motifs is 3. The number of anilines is 1. The molecule has 7 nitrogen and oxygen atoms in total. The minimum Gasteiger partial charge on any atom is -0.508 e. The van der Waals surface area contributed by atoms with Gasteiger partial charge in [0.25, 0.3) is 0 Å². The van der Waals surface area contributed by atoms with Gasteiger partial charge in [0.05, 0.1) is 30.2 Å². The number of imide groups is 1. The minimum atomic E-state index is -1.69. The molecule has 3 aromatic rings. The van der Waals surface area contributed by atoms with Crippen LogP contribution in [0.2, 0.25) is 0 Å². The SMILES string of the molecule is CCC1=C2[C@@H](CC/C(=C/c3cccc(O)c3)c3ccccc3)OC[C@@H]2[C@@H]2C(=O)N(c3cccc(B(O)O)c3)C(=O)[C@@H]2C1. The second-order valence-corrected chi connectivity index (χ2v) is 11.3. The number of amides is 2. The van der Waals surface area contributed by atoms with Crippen molar-refractivity contribution < 1.29 is 29.5 Å². The monoisotopic (exact) mass is 563 g/mol. The van der Waals surface area contributed by atoms with E-state index in [1.807, 2.05) is 30.3 Å². The molecule has 3 aliphatic rings. The Morgan fingerprint density at radius 3 is 2.50 bits per heavy atom. The smallest absolute Gasteiger partial charge is 0.488 e. The van der Waals surface area contributed by atoms with Crippen molar-refractivity contribution in [3.8, 4) is 5.75 Å². The quantitative estimate of drug-likeness (QED) is 0.163. The summed E-state index contributed by atoms with van der Waals surface area (Å²) in [5.41, 5.74) is 6.12. The lowest BCUT2D eigenvalue weighted by Crippen LogP contribution is -2.35. The number of allylic oxidation sites excluding steroid dienone is 2. The Kier molecular flexibility index (Phi) is 7.86. The number of ether oxygens (including phenoxy) is 1. The normalized spacial score (nSPS) is 23.8. The number of hydrogen-bond acceptors (Lipinski definition) is 6. The van der Waals surface area contributed by atoms with Gasteiger partial charge in [-0.05, 0) is 77.7 Å². The molecule has 0 bridgehead atoms. The molecule has 0 unspecified atom stereocenters. The number of hydrogen-bond donors (Lipinski definition) is 3. The van der Waals surface area contributed by atoms with E-state index in [0.29, 0.717) is 18.7 Å². The highest BCUT2D eigenvalue weighted by molar-refractivity contribution is 6.58. The zero-order valence-corrected chi connectivity index (χ0v) is 23.5. The van der Waals surface area contributed by atoms with Gasteiger partial charge in [-0.2, -0.15) is 0 Å². The molecule has 0 saturated carbocycles. The van der Waals surface area contributed by atoms with E-state index in [-0.39, 0.29) is 35.0 Å². The maximum atomic E-state index is 13.8. The number of phenolic OH excluding ortho intramolecular Hbond substituents is 1. The van der Waals surface area contributed by atoms with Crippen LogP contribution < -0.4 is 10.4 Å². The fourth-order valence-electron chi connectivity index (χ4n) is 6.95. The zero-order chi connectivity index (χ0) is 29.4. The van der Waals surface area contributed by atoms with Crippen LogP contribution in [-0.4, -0.2) is 46.8 Å². The van der Waals surface area contributed by atoms with E-state index in [1.54, 1.807) is 30.3 Å². The molecule has 6 rings (SSSR count). The molecular formula is C34H34BNO6. The highest BCUT2D eigenvalue weighted by Gasteiger charge is 2.57. The summed E-state index contributed by atoms with van der Waals surface area (Å²) in [5, 5.41) is 29.3. The van der Waals surface area contributed by atoms with E-state index in [9.17, 15) is 24.7 Å². The molecule has 4 atom stereocenters. The van der Waals surface area contributed by atoms with Gasteiger partial charge >= 0.3 is 7.12 Å². The number of benzene rings is 3. The van der Waals surface area contributed by atoms with Gasteiger partial charge in [0.2, 0.25) is 11.8 Å². The number of phenols is 1. The summed E-state index contributed by atoms with van der Waals surface area (Å²) >= 11 is 0. The fourth-order valence-corrected chi connectivity index (χ4v) is 6.95. The first-order valence-electron chi connectivity index (χ1n) is 14.6. The van der Waals surface area contributed by atoms with Crippen molar-refractivity contribution in [2.75, 3.05) is 11.5 Å². The predicted molar refractivity (Wildman–Crippen MR) is 163 cm³/mol. The van der Waals surface area contributed by atoms with Gasteiger partial charge in [-0.25, -0.2) is 0 Å². The lowest BCUT2D eigenvalue weighted by atomic mass is 9.69. The molecule has 3 aromatic carbocycles. The third-order valence-electron chi connectivity index (χ3n) is 8.89. The van der Waals surface area contributed by atoms with Gasteiger partial charge in [-0.1, -0.05) is 73.2 Å². The Bertz CT molecular complexity index is 1560. The number of carbonyl (C=O) groups is 2. The zero-order valence-electron chi connectivity index (χ0n) is 23.5. The third-order valence-corrected chi connectivity index (χ3v) is 8.89. The Hall–Kier alpha value is -3.98. The Morgan fingerprint density at radius 2 is 1.76 bits per heavy atom. The highest BCUT2D eigenvalue weighted by atomic mass is 16.5. The summed E-state index contributed by atoms with van der Waals surface area (Å²) in [6, 6.07) is 23.7. The maximum absolute atomic E-state index is 13.8. The fraction of sp³-hybridized carbons (Fsp3) is 0.294. The molecule has 0 spiro atoms. The van der Waals surface area contributed by atoms with E-state index in [2.05, 4.69) is 25.1 Å². The molecule has 2 fully saturated rings. The van der Waals surface area contributed by atoms with Gasteiger partial charge in [-0.15, -0.1) is 0 Å². The topological polar surface area (TPSA) is 107 Å². The predicted octanol–water partition coefficient (Wildman–Crippen LogP) is 4.32. The lowest BCUT2D eigenvalue weighted by molar-refractivity contribution is -0.122. The van der Waals surface area contributed by atoms with E-state index < -0.39 is 19.0 Å². The van der Waals surface area contributed by atoms with Crippen LogP contribution in [0.4, 0.5) is 5.69 Å². The standard InChI is InChI=1S/C34H34BNO6/c1-2-22-18-28-32(34(39)36(33(28)38)26-12-7-11-25(19-26)35(40)41)29-20-42-30(31(22)29)15-14-24(23-9-4-3-5-10-23)16-21-8-6-13-27(37)17-21/h3-13,16-17,19,28-30,32,37,40-41H,2,14-15,18,20H2,1H3/b24-16-/t28-,29+,30-,32-/m1/s1. The summed E-state index contributed by atoms with van der Waals surface area (Å²) in [4.78, 5) is 28.7. The molecule has 3 N–H and O–H groups in total. The second kappa shape index (κ2) is 11.7. The largest absolute Gasteiger partial charge is 0.508 e. The van der Waals surface area contributed by atoms with Gasteiger partial charge < -0.3 is 19.9 Å². The Balaban J connectivity index is 1.26. The summed E-state index contributed by atoms with van der Waals surface area (Å²) in [7, 11) is -1.69. The first kappa shape index (κ1) is 28.2. The third kappa shape index (κ3) is 5.22. The van der Waals surface area contributed by atoms with Crippen molar-refractivity contribution in [3.63, 3.8) is 0 Å². The first-order chi connectivity index (χ1) is 20.4. The van der Waals surface area contributed by atoms with Crippen LogP contribution in [0.15, 0.2) is 90.0 Å². The summed E-state index contributed by atoms with van der Waals surface area (Å²) in [5.74, 6) is -1.36. The van der Waals surface area contributed by atoms with Gasteiger partial charge in [0.15, 0.2) is 0 Å². The molecule has 2 heterocycles. The van der Waals surface area contributed by atoms with Crippen molar-refractivity contribution in [1.29, 1.82) is 0 Å². The van der Waals surface area contributed by atoms with E-state index >= 15 is 0 Å². The molecule has 0 radical (unpaired) electrons. The van der Waals surface area contributed by atoms with Crippen LogP contribution >= 0.6 is 0 Å². The van der Waals surface area contributed by atoms with Crippen molar-refractivity contribution in [3.05, 3.63) is 101 Å². The number of aromatic hydroxyl groups is 1. The number of nitrogens with zero attached hydrogens (tertiary/aromatic N) is 1. The molecule has 2 saturated heterocycles. The van der Waals surface area contributed by atoms with E-state index in [0.717, 1.165) is 36.0 Å². The van der Waals surface area contributed by atoms with Crippen LogP contribution in [0.1, 0.15) is 43.7 Å². The van der Waals surface area contributed by atoms with E-state index in [1.165, 1.54) is 22.1 Å². The van der Waals surface area contributed by atoms with Gasteiger partial charge in [0, 0.05) is 5.92 Å². The van der Waals surface area contributed by atoms with Crippen molar-refractivity contribution in [2.24, 2.45) is 17.8 Å². The second-order valence-electron chi connectivity index (χ2n) is 11.3. The van der Waals surface area contributed by atoms with E-state index in [4.69, 9.17) is 4.74 Å². The molecular weight excluding hydrogens is 529 g/mol. The Morgan fingerprint density at radius 1 is 0.976 bits per heavy atom. The van der Waals surface area contributed by atoms with Crippen molar-refractivity contribution >= 4 is 41.7 Å². The average Bonchev–Trinajstić information content (AvgIpc) is 3.53. The number of carbonyl (C=O) groups excluding carboxylic acids is 2. The van der Waals surface area contributed by atoms with Crippen LogP contribution in [0.3, 0.4) is 0 Å². The van der Waals surface area contributed by atoms with Crippen LogP contribution in [-0.2, 0) is 14.3 Å². The minimum absolute atomic E-state index is 0.146. The summed E-state index contributed by atoms with van der Waals surface area (Å²) in [6.07, 6.45) is 4.73. The summed E-state index contributed by atoms with van der Waals surface area (Å²) in [6.45, 7) is 2.49. The Labute approximate surface area is 245 Å². The van der Waals surface area contributed by atoms with Gasteiger partial charge in [-0.3, -0.25) is 14.5 Å². The first-order valence-corrected chi connectivity index (χ1v) is 14.6. The molecule has 2 amide bonds. The molecule has 1 aliphatic carbocycles. The van der Waals surface area contributed by atoms with Crippen molar-refractivity contribution in [1.82, 2.24) is 0 Å². The summed E-state index contributed by atoms with van der Waals surface area (Å²) < 4.78 is 6.40. The molecule has 0 aromatic heterocycles. The molecule has 214 valence electrons. The lowest BCUT2D eigenvalue weighted by Gasteiger charge is -2.31. The molecule has 8 heteroatoms. The average molecular weight is 563 g/mol. The van der Waals surface area contributed by atoms with Crippen LogP contribution in [0, 0.1) is 17.8 Å². The molecule has 2 aliphatic heterocycles. The van der Waals surface area contributed by atoms with Gasteiger partial charge in [0.1, 0.15) is 5.75 Å². The molecule has 42 heavy (non-hydrogen) atoms. The van der Waals surface area contributed by atoms with Crippen LogP contribution in [0.5, 0.6) is 5.75 Å². The maximum Gasteiger partial charge on any atom is 0.488 e. The van der Waals surface area contributed by atoms with Crippen molar-refractivity contribution in [2.45, 2.75) is 38.7 Å².